The van der Waals surface area contributed by atoms with Gasteiger partial charge in [0.25, 0.3) is 5.91 Å². The van der Waals surface area contributed by atoms with Crippen molar-refractivity contribution in [3.8, 4) is 0 Å². The van der Waals surface area contributed by atoms with Gasteiger partial charge < -0.3 is 15.1 Å². The molecule has 1 aromatic carbocycles. The Labute approximate surface area is 142 Å². The van der Waals surface area contributed by atoms with E-state index in [4.69, 9.17) is 0 Å². The van der Waals surface area contributed by atoms with Crippen LogP contribution < -0.4 is 10.2 Å². The highest BCUT2D eigenvalue weighted by Crippen LogP contribution is 2.17. The van der Waals surface area contributed by atoms with Crippen LogP contribution >= 0.6 is 0 Å². The number of carbonyl (C=O) groups excluding carboxylic acids is 3. The molecule has 1 aliphatic heterocycles. The second-order valence-electron chi connectivity index (χ2n) is 6.76. The molecular formula is C17H24N4O3. The van der Waals surface area contributed by atoms with E-state index in [0.717, 1.165) is 16.2 Å². The SMILES string of the molecule is CN(Cc1ccc(N(C)C)cc1)C(=O)CN1C(=O)NC(C)(C)C1=O. The number of anilines is 1. The van der Waals surface area contributed by atoms with Gasteiger partial charge in [0.05, 0.1) is 0 Å². The summed E-state index contributed by atoms with van der Waals surface area (Å²) >= 11 is 0. The zero-order valence-corrected chi connectivity index (χ0v) is 14.8. The third-order valence-electron chi connectivity index (χ3n) is 4.04. The summed E-state index contributed by atoms with van der Waals surface area (Å²) in [5.41, 5.74) is 1.10. The number of hydrogen-bond donors (Lipinski definition) is 1. The first-order valence-corrected chi connectivity index (χ1v) is 7.76. The summed E-state index contributed by atoms with van der Waals surface area (Å²) in [4.78, 5) is 40.8. The van der Waals surface area contributed by atoms with E-state index < -0.39 is 11.6 Å². The molecule has 7 nitrogen and oxygen atoms in total. The predicted molar refractivity (Wildman–Crippen MR) is 91.6 cm³/mol. The monoisotopic (exact) mass is 332 g/mol. The van der Waals surface area contributed by atoms with Crippen molar-refractivity contribution >= 4 is 23.5 Å². The molecule has 0 radical (unpaired) electrons. The summed E-state index contributed by atoms with van der Waals surface area (Å²) in [6.45, 7) is 3.40. The number of amides is 4. The summed E-state index contributed by atoms with van der Waals surface area (Å²) in [6.07, 6.45) is 0. The number of nitrogens with one attached hydrogen (secondary N) is 1. The van der Waals surface area contributed by atoms with Crippen LogP contribution in [-0.2, 0) is 16.1 Å². The molecule has 2 rings (SSSR count). The van der Waals surface area contributed by atoms with E-state index in [9.17, 15) is 14.4 Å². The maximum atomic E-state index is 12.3. The third-order valence-corrected chi connectivity index (χ3v) is 4.04. The number of carbonyl (C=O) groups is 3. The smallest absolute Gasteiger partial charge is 0.325 e. The van der Waals surface area contributed by atoms with Gasteiger partial charge in [0.2, 0.25) is 5.91 Å². The van der Waals surface area contributed by atoms with Crippen LogP contribution in [0.1, 0.15) is 19.4 Å². The molecular weight excluding hydrogens is 308 g/mol. The van der Waals surface area contributed by atoms with Gasteiger partial charge in [-0.1, -0.05) is 12.1 Å². The number of rotatable bonds is 5. The molecule has 130 valence electrons. The summed E-state index contributed by atoms with van der Waals surface area (Å²) < 4.78 is 0. The largest absolute Gasteiger partial charge is 0.378 e. The maximum absolute atomic E-state index is 12.3. The van der Waals surface area contributed by atoms with Crippen LogP contribution in [0.15, 0.2) is 24.3 Å². The van der Waals surface area contributed by atoms with Gasteiger partial charge in [0, 0.05) is 33.4 Å². The lowest BCUT2D eigenvalue weighted by molar-refractivity contribution is -0.138. The maximum Gasteiger partial charge on any atom is 0.325 e. The Morgan fingerprint density at radius 2 is 1.71 bits per heavy atom. The Kier molecular flexibility index (Phi) is 4.82. The molecule has 0 spiro atoms. The molecule has 0 aliphatic carbocycles. The Hall–Kier alpha value is -2.57. The van der Waals surface area contributed by atoms with Crippen molar-refractivity contribution in [1.82, 2.24) is 15.1 Å². The van der Waals surface area contributed by atoms with Crippen molar-refractivity contribution in [2.75, 3.05) is 32.6 Å². The highest BCUT2D eigenvalue weighted by molar-refractivity contribution is 6.08. The average Bonchev–Trinajstić information content (AvgIpc) is 2.69. The lowest BCUT2D eigenvalue weighted by Gasteiger charge is -2.21. The van der Waals surface area contributed by atoms with E-state index in [0.29, 0.717) is 6.54 Å². The number of imide groups is 1. The van der Waals surface area contributed by atoms with Gasteiger partial charge in [-0.05, 0) is 31.5 Å². The van der Waals surface area contributed by atoms with Crippen LogP contribution in [0.25, 0.3) is 0 Å². The third kappa shape index (κ3) is 3.67. The van der Waals surface area contributed by atoms with Gasteiger partial charge in [-0.15, -0.1) is 0 Å². The first kappa shape index (κ1) is 17.8. The van der Waals surface area contributed by atoms with E-state index in [1.807, 2.05) is 43.3 Å². The highest BCUT2D eigenvalue weighted by atomic mass is 16.2. The van der Waals surface area contributed by atoms with Gasteiger partial charge in [-0.3, -0.25) is 14.5 Å². The molecule has 4 amide bonds. The molecule has 1 N–H and O–H groups in total. The summed E-state index contributed by atoms with van der Waals surface area (Å²) in [6, 6.07) is 7.34. The van der Waals surface area contributed by atoms with Crippen LogP contribution in [0.3, 0.4) is 0 Å². The van der Waals surface area contributed by atoms with Gasteiger partial charge >= 0.3 is 6.03 Å². The van der Waals surface area contributed by atoms with Crippen molar-refractivity contribution in [2.45, 2.75) is 25.9 Å². The molecule has 1 fully saturated rings. The van der Waals surface area contributed by atoms with Crippen molar-refractivity contribution in [1.29, 1.82) is 0 Å². The number of benzene rings is 1. The van der Waals surface area contributed by atoms with E-state index in [2.05, 4.69) is 5.32 Å². The van der Waals surface area contributed by atoms with E-state index in [1.165, 1.54) is 4.90 Å². The number of nitrogens with zero attached hydrogens (tertiary/aromatic N) is 3. The minimum Gasteiger partial charge on any atom is -0.378 e. The zero-order chi connectivity index (χ0) is 18.1. The van der Waals surface area contributed by atoms with Crippen LogP contribution in [0.5, 0.6) is 0 Å². The Morgan fingerprint density at radius 1 is 1.12 bits per heavy atom. The summed E-state index contributed by atoms with van der Waals surface area (Å²) in [7, 11) is 5.58. The molecule has 0 unspecified atom stereocenters. The van der Waals surface area contributed by atoms with E-state index in [1.54, 1.807) is 20.9 Å². The molecule has 1 aromatic rings. The Morgan fingerprint density at radius 3 is 2.17 bits per heavy atom. The number of hydrogen-bond acceptors (Lipinski definition) is 4. The second-order valence-corrected chi connectivity index (χ2v) is 6.76. The minimum absolute atomic E-state index is 0.250. The predicted octanol–water partition coefficient (Wildman–Crippen LogP) is 1.04. The lowest BCUT2D eigenvalue weighted by atomic mass is 10.1. The zero-order valence-electron chi connectivity index (χ0n) is 14.8. The molecule has 1 saturated heterocycles. The molecule has 0 bridgehead atoms. The Balaban J connectivity index is 1.97. The molecule has 1 aliphatic rings. The number of urea groups is 1. The summed E-state index contributed by atoms with van der Waals surface area (Å²) in [5, 5.41) is 2.57. The molecule has 1 heterocycles. The van der Waals surface area contributed by atoms with Crippen LogP contribution in [0.4, 0.5) is 10.5 Å². The van der Waals surface area contributed by atoms with Gasteiger partial charge in [-0.2, -0.15) is 0 Å². The fraction of sp³-hybridized carbons (Fsp3) is 0.471. The molecule has 0 atom stereocenters. The van der Waals surface area contributed by atoms with Gasteiger partial charge in [-0.25, -0.2) is 4.79 Å². The quantitative estimate of drug-likeness (QED) is 0.818. The van der Waals surface area contributed by atoms with Crippen molar-refractivity contribution in [3.05, 3.63) is 29.8 Å². The Bertz CT molecular complexity index is 652. The van der Waals surface area contributed by atoms with E-state index in [-0.39, 0.29) is 18.4 Å². The van der Waals surface area contributed by atoms with E-state index >= 15 is 0 Å². The average molecular weight is 332 g/mol. The van der Waals surface area contributed by atoms with Gasteiger partial charge in [0.1, 0.15) is 12.1 Å². The fourth-order valence-electron chi connectivity index (χ4n) is 2.48. The summed E-state index contributed by atoms with van der Waals surface area (Å²) in [5.74, 6) is -0.669. The molecule has 7 heteroatoms. The molecule has 0 aromatic heterocycles. The van der Waals surface area contributed by atoms with Crippen molar-refractivity contribution in [2.24, 2.45) is 0 Å². The van der Waals surface area contributed by atoms with Crippen molar-refractivity contribution in [3.63, 3.8) is 0 Å². The second kappa shape index (κ2) is 6.51. The number of likely N-dealkylation sites (N-methyl/N-ethyl adjacent to an activating group) is 1. The molecule has 24 heavy (non-hydrogen) atoms. The van der Waals surface area contributed by atoms with Crippen LogP contribution in [-0.4, -0.2) is 60.9 Å². The van der Waals surface area contributed by atoms with Crippen LogP contribution in [0.2, 0.25) is 0 Å². The first-order valence-electron chi connectivity index (χ1n) is 7.76. The molecule has 0 saturated carbocycles. The fourth-order valence-corrected chi connectivity index (χ4v) is 2.48. The standard InChI is InChI=1S/C17H24N4O3/c1-17(2)15(23)21(16(24)18-17)11-14(22)20(5)10-12-6-8-13(9-7-12)19(3)4/h6-9H,10-11H2,1-5H3,(H,18,24). The minimum atomic E-state index is -0.960. The topological polar surface area (TPSA) is 73.0 Å². The van der Waals surface area contributed by atoms with Crippen LogP contribution in [0, 0.1) is 0 Å². The lowest BCUT2D eigenvalue weighted by Crippen LogP contribution is -2.43. The first-order chi connectivity index (χ1) is 11.1. The van der Waals surface area contributed by atoms with Gasteiger partial charge in [0.15, 0.2) is 0 Å². The normalized spacial score (nSPS) is 16.1. The van der Waals surface area contributed by atoms with Crippen molar-refractivity contribution < 1.29 is 14.4 Å². The highest BCUT2D eigenvalue weighted by Gasteiger charge is 2.45.